The van der Waals surface area contributed by atoms with E-state index in [1.165, 1.54) is 22.1 Å². The molecule has 0 saturated carbocycles. The van der Waals surface area contributed by atoms with Crippen LogP contribution in [-0.4, -0.2) is 79.6 Å². The van der Waals surface area contributed by atoms with Gasteiger partial charge in [0.2, 0.25) is 5.91 Å². The van der Waals surface area contributed by atoms with E-state index in [1.54, 1.807) is 0 Å². The summed E-state index contributed by atoms with van der Waals surface area (Å²) in [6, 6.07) is 5.93. The topological polar surface area (TPSA) is 106 Å². The van der Waals surface area contributed by atoms with Gasteiger partial charge in [-0.15, -0.1) is 5.10 Å². The van der Waals surface area contributed by atoms with Crippen molar-refractivity contribution in [2.24, 2.45) is 0 Å². The molecule has 0 radical (unpaired) electrons. The van der Waals surface area contributed by atoms with E-state index >= 15 is 0 Å². The lowest BCUT2D eigenvalue weighted by Crippen LogP contribution is -2.50. The molecule has 10 heteroatoms. The van der Waals surface area contributed by atoms with Crippen molar-refractivity contribution in [2.45, 2.75) is 38.7 Å². The van der Waals surface area contributed by atoms with Crippen molar-refractivity contribution in [3.8, 4) is 5.82 Å². The molecular formula is C25H27N7O3. The molecule has 1 aromatic carbocycles. The van der Waals surface area contributed by atoms with Gasteiger partial charge in [-0.3, -0.25) is 9.69 Å². The Morgan fingerprint density at radius 3 is 2.86 bits per heavy atom. The van der Waals surface area contributed by atoms with Crippen LogP contribution in [-0.2, 0) is 29.0 Å². The highest BCUT2D eigenvalue weighted by Gasteiger charge is 2.34. The standard InChI is InChI=1S/C25H27N7O3/c1-16-17(2-5-20-22(16)14-35-25(20)34)6-7-30-8-10-31(11-9-30)24(33)19-4-3-18-12-23(26-13-21(18)19)32-15-27-28-29-32/h2,5,12-13,15,19H,3-4,6-11,14H2,1H3/t19-/m0/s1. The molecule has 1 amide bonds. The number of hydrogen-bond donors (Lipinski definition) is 0. The molecule has 1 saturated heterocycles. The number of fused-ring (bicyclic) bond motifs is 2. The summed E-state index contributed by atoms with van der Waals surface area (Å²) in [5.41, 5.74) is 6.34. The number of amides is 1. The van der Waals surface area contributed by atoms with Gasteiger partial charge in [-0.25, -0.2) is 9.78 Å². The van der Waals surface area contributed by atoms with Gasteiger partial charge in [-0.05, 0) is 71.0 Å². The Balaban J connectivity index is 1.05. The minimum absolute atomic E-state index is 0.119. The lowest BCUT2D eigenvalue weighted by Gasteiger charge is -2.36. The molecule has 10 nitrogen and oxygen atoms in total. The number of hydrogen-bond acceptors (Lipinski definition) is 8. The summed E-state index contributed by atoms with van der Waals surface area (Å²) in [5.74, 6) is 0.544. The van der Waals surface area contributed by atoms with Crippen LogP contribution in [0.15, 0.2) is 30.7 Å². The Kier molecular flexibility index (Phi) is 5.52. The maximum atomic E-state index is 13.3. The third-order valence-electron chi connectivity index (χ3n) is 7.63. The van der Waals surface area contributed by atoms with Gasteiger partial charge in [-0.2, -0.15) is 4.68 Å². The smallest absolute Gasteiger partial charge is 0.338 e. The van der Waals surface area contributed by atoms with E-state index in [9.17, 15) is 9.59 Å². The Labute approximate surface area is 202 Å². The monoisotopic (exact) mass is 473 g/mol. The predicted molar refractivity (Wildman–Crippen MR) is 125 cm³/mol. The molecule has 1 atom stereocenters. The zero-order valence-corrected chi connectivity index (χ0v) is 19.7. The number of carbonyl (C=O) groups excluding carboxylic acids is 2. The number of rotatable bonds is 5. The summed E-state index contributed by atoms with van der Waals surface area (Å²) < 4.78 is 6.71. The van der Waals surface area contributed by atoms with Crippen LogP contribution in [0.1, 0.15) is 50.5 Å². The number of tetrazole rings is 1. The Morgan fingerprint density at radius 1 is 1.20 bits per heavy atom. The second-order valence-corrected chi connectivity index (χ2v) is 9.46. The van der Waals surface area contributed by atoms with Gasteiger partial charge in [0.05, 0.1) is 11.5 Å². The number of piperazine rings is 1. The number of aromatic nitrogens is 5. The Bertz CT molecular complexity index is 1280. The summed E-state index contributed by atoms with van der Waals surface area (Å²) in [4.78, 5) is 34.0. The van der Waals surface area contributed by atoms with E-state index in [0.29, 0.717) is 18.0 Å². The minimum atomic E-state index is -0.218. The lowest BCUT2D eigenvalue weighted by molar-refractivity contribution is -0.134. The highest BCUT2D eigenvalue weighted by Crippen LogP contribution is 2.35. The van der Waals surface area contributed by atoms with Crippen LogP contribution in [0.5, 0.6) is 0 Å². The Morgan fingerprint density at radius 2 is 2.06 bits per heavy atom. The zero-order chi connectivity index (χ0) is 23.9. The summed E-state index contributed by atoms with van der Waals surface area (Å²) in [5, 5.41) is 11.2. The third-order valence-corrected chi connectivity index (χ3v) is 7.63. The number of ether oxygens (including phenoxy) is 1. The maximum absolute atomic E-state index is 13.3. The molecular weight excluding hydrogens is 446 g/mol. The van der Waals surface area contributed by atoms with Crippen molar-refractivity contribution >= 4 is 11.9 Å². The van der Waals surface area contributed by atoms with Gasteiger partial charge in [0.25, 0.3) is 0 Å². The normalized spacial score (nSPS) is 19.5. The largest absolute Gasteiger partial charge is 0.457 e. The van der Waals surface area contributed by atoms with Gasteiger partial charge in [0, 0.05) is 44.5 Å². The van der Waals surface area contributed by atoms with Crippen LogP contribution >= 0.6 is 0 Å². The fourth-order valence-corrected chi connectivity index (χ4v) is 5.49. The average Bonchev–Trinajstić information content (AvgIpc) is 3.64. The van der Waals surface area contributed by atoms with Crippen LogP contribution < -0.4 is 0 Å². The van der Waals surface area contributed by atoms with Crippen LogP contribution in [0.25, 0.3) is 5.82 Å². The van der Waals surface area contributed by atoms with Crippen molar-refractivity contribution in [3.05, 3.63) is 64.1 Å². The molecule has 0 bridgehead atoms. The van der Waals surface area contributed by atoms with E-state index in [2.05, 4.69) is 38.4 Å². The van der Waals surface area contributed by atoms with Crippen LogP contribution in [0, 0.1) is 6.92 Å². The molecule has 1 fully saturated rings. The van der Waals surface area contributed by atoms with E-state index in [4.69, 9.17) is 4.74 Å². The second kappa shape index (κ2) is 8.84. The van der Waals surface area contributed by atoms with E-state index in [-0.39, 0.29) is 17.8 Å². The van der Waals surface area contributed by atoms with E-state index in [1.807, 2.05) is 23.2 Å². The van der Waals surface area contributed by atoms with Crippen molar-refractivity contribution in [1.29, 1.82) is 0 Å². The molecule has 35 heavy (non-hydrogen) atoms. The second-order valence-electron chi connectivity index (χ2n) is 9.46. The molecule has 180 valence electrons. The van der Waals surface area contributed by atoms with Gasteiger partial charge in [-0.1, -0.05) is 6.07 Å². The van der Waals surface area contributed by atoms with Crippen LogP contribution in [0.2, 0.25) is 0 Å². The SMILES string of the molecule is Cc1c(CCN2CCN(C(=O)[C@H]3CCc4cc(-n5cnnn5)ncc43)CC2)ccc2c1COC2=O. The molecule has 1 aliphatic carbocycles. The van der Waals surface area contributed by atoms with Gasteiger partial charge < -0.3 is 9.64 Å². The van der Waals surface area contributed by atoms with Gasteiger partial charge >= 0.3 is 5.97 Å². The molecule has 4 heterocycles. The molecule has 0 spiro atoms. The number of carbonyl (C=O) groups is 2. The molecule has 3 aromatic rings. The first-order valence-corrected chi connectivity index (χ1v) is 12.1. The highest BCUT2D eigenvalue weighted by molar-refractivity contribution is 5.94. The van der Waals surface area contributed by atoms with E-state index < -0.39 is 0 Å². The zero-order valence-electron chi connectivity index (χ0n) is 19.7. The number of benzene rings is 1. The summed E-state index contributed by atoms with van der Waals surface area (Å²) in [7, 11) is 0. The van der Waals surface area contributed by atoms with Crippen molar-refractivity contribution in [2.75, 3.05) is 32.7 Å². The number of cyclic esters (lactones) is 1. The number of esters is 1. The minimum Gasteiger partial charge on any atom is -0.457 e. The third kappa shape index (κ3) is 3.97. The molecule has 3 aliphatic rings. The van der Waals surface area contributed by atoms with Gasteiger partial charge in [0.1, 0.15) is 12.9 Å². The summed E-state index contributed by atoms with van der Waals surface area (Å²) in [6.45, 7) is 6.62. The predicted octanol–water partition coefficient (Wildman–Crippen LogP) is 1.45. The average molecular weight is 474 g/mol. The molecule has 2 aromatic heterocycles. The summed E-state index contributed by atoms with van der Waals surface area (Å²) in [6.07, 6.45) is 5.94. The first-order chi connectivity index (χ1) is 17.1. The number of pyridine rings is 1. The summed E-state index contributed by atoms with van der Waals surface area (Å²) >= 11 is 0. The van der Waals surface area contributed by atoms with Gasteiger partial charge in [0.15, 0.2) is 5.82 Å². The van der Waals surface area contributed by atoms with Crippen LogP contribution in [0.3, 0.4) is 0 Å². The molecule has 0 N–H and O–H groups in total. The fourth-order valence-electron chi connectivity index (χ4n) is 5.49. The van der Waals surface area contributed by atoms with Crippen molar-refractivity contribution < 1.29 is 14.3 Å². The van der Waals surface area contributed by atoms with Crippen molar-refractivity contribution in [3.63, 3.8) is 0 Å². The molecule has 0 unspecified atom stereocenters. The maximum Gasteiger partial charge on any atom is 0.338 e. The van der Waals surface area contributed by atoms with Crippen LogP contribution in [0.4, 0.5) is 0 Å². The van der Waals surface area contributed by atoms with E-state index in [0.717, 1.165) is 68.7 Å². The van der Waals surface area contributed by atoms with Crippen molar-refractivity contribution in [1.82, 2.24) is 35.0 Å². The first kappa shape index (κ1) is 21.8. The Hall–Kier alpha value is -3.66. The molecule has 6 rings (SSSR count). The first-order valence-electron chi connectivity index (χ1n) is 12.1. The number of aryl methyl sites for hydroxylation is 1. The lowest BCUT2D eigenvalue weighted by atomic mass is 9.96. The molecule has 2 aliphatic heterocycles. The quantitative estimate of drug-likeness (QED) is 0.513. The highest BCUT2D eigenvalue weighted by atomic mass is 16.5. The fraction of sp³-hybridized carbons (Fsp3) is 0.440. The number of nitrogens with zero attached hydrogens (tertiary/aromatic N) is 7.